The van der Waals surface area contributed by atoms with Crippen LogP contribution in [0.15, 0.2) is 24.4 Å². The molecule has 0 atom stereocenters. The third kappa shape index (κ3) is 4.81. The second kappa shape index (κ2) is 6.36. The molecule has 0 fully saturated rings. The van der Waals surface area contributed by atoms with Crippen LogP contribution in [0.4, 0.5) is 0 Å². The molecule has 0 amide bonds. The summed E-state index contributed by atoms with van der Waals surface area (Å²) in [6.07, 6.45) is 5.42. The Kier molecular flexibility index (Phi) is 5.34. The molecule has 0 aliphatic rings. The number of hydrogen-bond acceptors (Lipinski definition) is 1. The van der Waals surface area contributed by atoms with Crippen LogP contribution in [0.3, 0.4) is 0 Å². The van der Waals surface area contributed by atoms with Crippen molar-refractivity contribution in [3.63, 3.8) is 0 Å². The summed E-state index contributed by atoms with van der Waals surface area (Å²) in [4.78, 5) is 4.52. The van der Waals surface area contributed by atoms with E-state index in [9.17, 15) is 0 Å². The van der Waals surface area contributed by atoms with Crippen LogP contribution in [0, 0.1) is 17.3 Å². The molecule has 0 spiro atoms. The minimum Gasteiger partial charge on any atom is -0.257 e. The van der Waals surface area contributed by atoms with E-state index in [0.717, 1.165) is 12.1 Å². The van der Waals surface area contributed by atoms with Crippen molar-refractivity contribution in [2.75, 3.05) is 0 Å². The molecule has 0 N–H and O–H groups in total. The summed E-state index contributed by atoms with van der Waals surface area (Å²) in [6, 6.07) is 4.37. The van der Waals surface area contributed by atoms with Crippen molar-refractivity contribution < 1.29 is 0 Å². The first-order valence-corrected chi connectivity index (χ1v) is 7.37. The Morgan fingerprint density at radius 2 is 1.89 bits per heavy atom. The Bertz CT molecular complexity index is 439. The molecule has 0 saturated carbocycles. The van der Waals surface area contributed by atoms with Gasteiger partial charge in [-0.1, -0.05) is 47.6 Å². The van der Waals surface area contributed by atoms with Crippen LogP contribution in [0.2, 0.25) is 0 Å². The van der Waals surface area contributed by atoms with Gasteiger partial charge in [0.15, 0.2) is 0 Å². The summed E-state index contributed by atoms with van der Waals surface area (Å²) in [6.45, 7) is 15.8. The molecule has 1 heteroatoms. The molecule has 0 aromatic carbocycles. The highest BCUT2D eigenvalue weighted by Gasteiger charge is 2.19. The normalized spacial score (nSPS) is 13.4. The molecule has 106 valence electrons. The molecule has 1 heterocycles. The highest BCUT2D eigenvalue weighted by Crippen LogP contribution is 2.31. The average molecular weight is 259 g/mol. The van der Waals surface area contributed by atoms with Crippen LogP contribution >= 0.6 is 0 Å². The second-order valence-electron chi connectivity index (χ2n) is 6.95. The van der Waals surface area contributed by atoms with E-state index >= 15 is 0 Å². The van der Waals surface area contributed by atoms with Gasteiger partial charge >= 0.3 is 0 Å². The predicted octanol–water partition coefficient (Wildman–Crippen LogP) is 5.37. The zero-order chi connectivity index (χ0) is 14.6. The van der Waals surface area contributed by atoms with Gasteiger partial charge in [-0.3, -0.25) is 4.98 Å². The van der Waals surface area contributed by atoms with Gasteiger partial charge in [-0.2, -0.15) is 0 Å². The standard InChI is InChI=1S/C18H29N/c1-13(2)10-16-8-9-19-17(11-16)15(5)12-18(6,7)14(3)4/h8-9,11-14H,10H2,1-7H3/b15-12+. The van der Waals surface area contributed by atoms with Crippen LogP contribution in [0.1, 0.15) is 59.7 Å². The lowest BCUT2D eigenvalue weighted by atomic mass is 9.79. The van der Waals surface area contributed by atoms with Crippen LogP contribution in [-0.2, 0) is 6.42 Å². The SMILES string of the molecule is C/C(=C\C(C)(C)C(C)C)c1cc(CC(C)C)ccn1. The third-order valence-corrected chi connectivity index (χ3v) is 3.95. The Morgan fingerprint density at radius 1 is 1.26 bits per heavy atom. The van der Waals surface area contributed by atoms with E-state index in [0.29, 0.717) is 11.8 Å². The molecule has 1 nitrogen and oxygen atoms in total. The molecule has 0 unspecified atom stereocenters. The smallest absolute Gasteiger partial charge is 0.0658 e. The van der Waals surface area contributed by atoms with Gasteiger partial charge in [0, 0.05) is 6.20 Å². The van der Waals surface area contributed by atoms with Crippen LogP contribution in [0.5, 0.6) is 0 Å². The van der Waals surface area contributed by atoms with Crippen molar-refractivity contribution >= 4 is 5.57 Å². The Hall–Kier alpha value is -1.11. The molecule has 1 aromatic rings. The molecule has 0 aliphatic heterocycles. The van der Waals surface area contributed by atoms with Crippen LogP contribution < -0.4 is 0 Å². The topological polar surface area (TPSA) is 12.9 Å². The summed E-state index contributed by atoms with van der Waals surface area (Å²) in [5.41, 5.74) is 3.99. The first-order chi connectivity index (χ1) is 8.72. The molecule has 0 radical (unpaired) electrons. The third-order valence-electron chi connectivity index (χ3n) is 3.95. The summed E-state index contributed by atoms with van der Waals surface area (Å²) < 4.78 is 0. The maximum atomic E-state index is 4.52. The number of rotatable bonds is 5. The van der Waals surface area contributed by atoms with Gasteiger partial charge in [-0.15, -0.1) is 0 Å². The molecular formula is C18H29N. The second-order valence-corrected chi connectivity index (χ2v) is 6.95. The van der Waals surface area contributed by atoms with Gasteiger partial charge in [0.05, 0.1) is 5.69 Å². The number of aromatic nitrogens is 1. The zero-order valence-electron chi connectivity index (χ0n) is 13.6. The van der Waals surface area contributed by atoms with Gasteiger partial charge in [0.2, 0.25) is 0 Å². The molecule has 1 rings (SSSR count). The predicted molar refractivity (Wildman–Crippen MR) is 85.0 cm³/mol. The van der Waals surface area contributed by atoms with Gasteiger partial charge in [-0.25, -0.2) is 0 Å². The summed E-state index contributed by atoms with van der Waals surface area (Å²) in [7, 11) is 0. The van der Waals surface area contributed by atoms with Crippen molar-refractivity contribution in [1.29, 1.82) is 0 Å². The van der Waals surface area contributed by atoms with E-state index in [-0.39, 0.29) is 5.41 Å². The van der Waals surface area contributed by atoms with E-state index in [1.54, 1.807) is 0 Å². The number of pyridine rings is 1. The van der Waals surface area contributed by atoms with Crippen molar-refractivity contribution in [2.45, 2.75) is 54.9 Å². The lowest BCUT2D eigenvalue weighted by Gasteiger charge is -2.26. The highest BCUT2D eigenvalue weighted by atomic mass is 14.7. The zero-order valence-corrected chi connectivity index (χ0v) is 13.6. The van der Waals surface area contributed by atoms with Gasteiger partial charge in [-0.05, 0) is 53.9 Å². The average Bonchev–Trinajstić information content (AvgIpc) is 2.27. The molecule has 1 aromatic heterocycles. The fraction of sp³-hybridized carbons (Fsp3) is 0.611. The summed E-state index contributed by atoms with van der Waals surface area (Å²) in [5.74, 6) is 1.31. The van der Waals surface area contributed by atoms with Crippen LogP contribution in [0.25, 0.3) is 5.57 Å². The number of allylic oxidation sites excluding steroid dienone is 2. The van der Waals surface area contributed by atoms with E-state index in [1.165, 1.54) is 11.1 Å². The van der Waals surface area contributed by atoms with Gasteiger partial charge in [0.25, 0.3) is 0 Å². The molecular weight excluding hydrogens is 230 g/mol. The number of nitrogens with zero attached hydrogens (tertiary/aromatic N) is 1. The van der Waals surface area contributed by atoms with E-state index in [1.807, 2.05) is 6.20 Å². The van der Waals surface area contributed by atoms with Gasteiger partial charge < -0.3 is 0 Å². The largest absolute Gasteiger partial charge is 0.257 e. The first kappa shape index (κ1) is 15.9. The fourth-order valence-electron chi connectivity index (χ4n) is 2.09. The van der Waals surface area contributed by atoms with Crippen molar-refractivity contribution in [3.8, 4) is 0 Å². The molecule has 0 saturated heterocycles. The quantitative estimate of drug-likeness (QED) is 0.693. The fourth-order valence-corrected chi connectivity index (χ4v) is 2.09. The van der Waals surface area contributed by atoms with Crippen molar-refractivity contribution in [3.05, 3.63) is 35.7 Å². The summed E-state index contributed by atoms with van der Waals surface area (Å²) in [5, 5.41) is 0. The minimum atomic E-state index is 0.208. The maximum Gasteiger partial charge on any atom is 0.0658 e. The highest BCUT2D eigenvalue weighted by molar-refractivity contribution is 5.61. The Labute approximate surface area is 119 Å². The van der Waals surface area contributed by atoms with Gasteiger partial charge in [0.1, 0.15) is 0 Å². The van der Waals surface area contributed by atoms with Crippen molar-refractivity contribution in [2.24, 2.45) is 17.3 Å². The van der Waals surface area contributed by atoms with Crippen LogP contribution in [-0.4, -0.2) is 4.98 Å². The number of hydrogen-bond donors (Lipinski definition) is 0. The Morgan fingerprint density at radius 3 is 2.42 bits per heavy atom. The maximum absolute atomic E-state index is 4.52. The Balaban J connectivity index is 3.00. The monoisotopic (exact) mass is 259 g/mol. The van der Waals surface area contributed by atoms with E-state index < -0.39 is 0 Å². The summed E-state index contributed by atoms with van der Waals surface area (Å²) >= 11 is 0. The van der Waals surface area contributed by atoms with Crippen molar-refractivity contribution in [1.82, 2.24) is 4.98 Å². The molecule has 0 aliphatic carbocycles. The molecule has 19 heavy (non-hydrogen) atoms. The van der Waals surface area contributed by atoms with E-state index in [2.05, 4.69) is 71.7 Å². The lowest BCUT2D eigenvalue weighted by Crippen LogP contribution is -2.16. The van der Waals surface area contributed by atoms with E-state index in [4.69, 9.17) is 0 Å². The lowest BCUT2D eigenvalue weighted by molar-refractivity contribution is 0.334. The minimum absolute atomic E-state index is 0.208. The first-order valence-electron chi connectivity index (χ1n) is 7.37. The molecule has 0 bridgehead atoms.